The third-order valence-electron chi connectivity index (χ3n) is 32.0. The van der Waals surface area contributed by atoms with Gasteiger partial charge in [-0.1, -0.05) is 431 Å². The zero-order chi connectivity index (χ0) is 97.6. The van der Waals surface area contributed by atoms with Crippen LogP contribution in [0.1, 0.15) is 69.5 Å². The minimum atomic E-state index is -0.466. The lowest BCUT2D eigenvalue weighted by molar-refractivity contribution is 0.714. The van der Waals surface area contributed by atoms with E-state index in [0.717, 1.165) is 123 Å². The summed E-state index contributed by atoms with van der Waals surface area (Å²) in [4.78, 5) is 41.9. The van der Waals surface area contributed by atoms with E-state index in [0.29, 0.717) is 23.3 Å². The summed E-state index contributed by atoms with van der Waals surface area (Å²) in [7, 11) is 0. The standard InChI is InChI=1S/C52H33N5.C44H28N2.C41H26N4/c1-52(34-20-9-4-10-21-34)41-26-15-25-38-37-24-13-14-27-44(37)57-47-43(31-30-42(52)46(47)45(38)41)53-51(57)40-29-28-39(35-22-11-12-23-36(35)40)50-55-48(32-16-5-2-6-17-32)54-49(56-50)33-18-7-3-8-19-33;1-4-14-29(15-5-1)30-16-12-17-31(28-30)43-45-38-27-26-37-41-40-35(34-22-10-11-25-39(34)46(43)42(38)41)23-13-24-36(40)44(37,32-18-6-2-7-19-32)33-20-8-3-9-21-33;1-41(26-15-6-3-7-16-26)30-20-12-19-28-27-17-9-11-22-34(27)45-38-33(24-23-31(41)36(38)35(28)30)43-40(45)39-42-32-21-10-8-18-29(32)37(44-39)25-13-4-2-5-14-25/h2-31H,1H3;1-28H;2-24H,1H3. The summed E-state index contributed by atoms with van der Waals surface area (Å²) in [6, 6.07) is 176. The van der Waals surface area contributed by atoms with Crippen LogP contribution in [0, 0.1) is 0 Å². The van der Waals surface area contributed by atoms with Gasteiger partial charge in [-0.15, -0.1) is 0 Å². The van der Waals surface area contributed by atoms with Crippen LogP contribution in [-0.4, -0.2) is 53.6 Å². The van der Waals surface area contributed by atoms with Crippen LogP contribution in [0.3, 0.4) is 0 Å². The molecule has 0 fully saturated rings. The van der Waals surface area contributed by atoms with Gasteiger partial charge < -0.3 is 0 Å². The molecule has 21 aromatic carbocycles. The van der Waals surface area contributed by atoms with Crippen molar-refractivity contribution in [2.75, 3.05) is 0 Å². The Morgan fingerprint density at radius 1 is 0.176 bits per heavy atom. The predicted molar refractivity (Wildman–Crippen MR) is 600 cm³/mol. The molecule has 6 aliphatic rings. The Morgan fingerprint density at radius 3 is 1.01 bits per heavy atom. The van der Waals surface area contributed by atoms with Crippen molar-refractivity contribution in [3.8, 4) is 175 Å². The van der Waals surface area contributed by atoms with Crippen LogP contribution >= 0.6 is 0 Å². The molecular weight excluding hydrogens is 1800 g/mol. The number of hydrogen-bond acceptors (Lipinski definition) is 8. The van der Waals surface area contributed by atoms with Crippen molar-refractivity contribution in [3.63, 3.8) is 0 Å². The molecule has 0 amide bonds. The van der Waals surface area contributed by atoms with Crippen molar-refractivity contribution in [1.82, 2.24) is 53.6 Å². The van der Waals surface area contributed by atoms with E-state index in [4.69, 9.17) is 39.9 Å². The van der Waals surface area contributed by atoms with E-state index in [9.17, 15) is 0 Å². The number of hydrogen-bond donors (Lipinski definition) is 0. The minimum absolute atomic E-state index is 0.308. The molecule has 3 aliphatic carbocycles. The number of fused-ring (bicyclic) bond motifs is 11. The summed E-state index contributed by atoms with van der Waals surface area (Å²) >= 11 is 0. The molecule has 32 rings (SSSR count). The van der Waals surface area contributed by atoms with Gasteiger partial charge in [0.1, 0.15) is 11.6 Å². The van der Waals surface area contributed by atoms with E-state index in [1.165, 1.54) is 139 Å². The molecule has 8 heterocycles. The average molecular weight is 1890 g/mol. The molecule has 690 valence electrons. The van der Waals surface area contributed by atoms with Crippen LogP contribution in [0.15, 0.2) is 491 Å². The van der Waals surface area contributed by atoms with Crippen molar-refractivity contribution >= 4 is 54.8 Å². The Balaban J connectivity index is 0.000000103. The molecule has 0 radical (unpaired) electrons. The zero-order valence-electron chi connectivity index (χ0n) is 80.7. The lowest BCUT2D eigenvalue weighted by atomic mass is 9.67. The average Bonchev–Trinajstić information content (AvgIpc) is 1.48. The Morgan fingerprint density at radius 2 is 0.507 bits per heavy atom. The summed E-state index contributed by atoms with van der Waals surface area (Å²) in [5, 5.41) is 3.15. The summed E-state index contributed by atoms with van der Waals surface area (Å²) in [6.45, 7) is 4.76. The van der Waals surface area contributed by atoms with Crippen molar-refractivity contribution in [1.29, 1.82) is 0 Å². The maximum atomic E-state index is 5.53. The van der Waals surface area contributed by atoms with Gasteiger partial charge in [-0.05, 0) is 185 Å². The fourth-order valence-corrected chi connectivity index (χ4v) is 25.5. The molecule has 0 bridgehead atoms. The smallest absolute Gasteiger partial charge is 0.197 e. The molecule has 5 aromatic heterocycles. The Kier molecular flexibility index (Phi) is 18.7. The second kappa shape index (κ2) is 32.8. The number of imidazole rings is 3. The molecule has 0 saturated heterocycles. The highest BCUT2D eigenvalue weighted by Gasteiger charge is 2.51. The molecule has 148 heavy (non-hydrogen) atoms. The van der Waals surface area contributed by atoms with Gasteiger partial charge in [-0.25, -0.2) is 39.9 Å². The first-order valence-corrected chi connectivity index (χ1v) is 50.7. The highest BCUT2D eigenvalue weighted by molar-refractivity contribution is 6.15. The number of nitrogens with zero attached hydrogens (tertiary/aromatic N) is 11. The highest BCUT2D eigenvalue weighted by atomic mass is 15.1. The van der Waals surface area contributed by atoms with Crippen molar-refractivity contribution < 1.29 is 0 Å². The van der Waals surface area contributed by atoms with E-state index in [1.807, 2.05) is 78.9 Å². The van der Waals surface area contributed by atoms with Crippen LogP contribution in [0.4, 0.5) is 0 Å². The largest absolute Gasteiger partial charge is 0.291 e. The van der Waals surface area contributed by atoms with Crippen LogP contribution in [-0.2, 0) is 16.2 Å². The van der Waals surface area contributed by atoms with Crippen molar-refractivity contribution in [2.24, 2.45) is 0 Å². The lowest BCUT2D eigenvalue weighted by Gasteiger charge is -2.34. The predicted octanol–water partition coefficient (Wildman–Crippen LogP) is 32.7. The van der Waals surface area contributed by atoms with Gasteiger partial charge in [0.25, 0.3) is 0 Å². The van der Waals surface area contributed by atoms with Crippen LogP contribution < -0.4 is 0 Å². The molecule has 26 aromatic rings. The second-order valence-electron chi connectivity index (χ2n) is 39.6. The molecule has 11 heteroatoms. The van der Waals surface area contributed by atoms with Crippen molar-refractivity contribution in [2.45, 2.75) is 30.1 Å². The Labute approximate surface area is 854 Å². The SMILES string of the molecule is CC1(c2ccccc2)c2cccc3c2-c2c1ccc1nc(-c4ccc(-c5nc(-c6ccccc6)nc(-c6ccccc6)n5)c5ccccc45)n(c21)-c1ccccc1-3.CC1(c2ccccc2)c2cccc3c2-c2c1ccc1nc(-c4nc(-c5ccccc5)c5ccccc5n4)n(c21)-c1ccccc1-3.c1ccc(-c2cccc(-c3nc4ccc5c6c4n3-c3ccccc3-c3cccc(c3-6)C5(c3ccccc3)c3ccccc3)c2)cc1. The van der Waals surface area contributed by atoms with Gasteiger partial charge in [-0.3, -0.25) is 13.7 Å². The molecule has 11 nitrogen and oxygen atoms in total. The first-order chi connectivity index (χ1) is 73.2. The van der Waals surface area contributed by atoms with Gasteiger partial charge >= 0.3 is 0 Å². The Bertz CT molecular complexity index is 9900. The van der Waals surface area contributed by atoms with Gasteiger partial charge in [0.05, 0.1) is 66.8 Å². The van der Waals surface area contributed by atoms with E-state index >= 15 is 0 Å². The quantitative estimate of drug-likeness (QED) is 0.119. The molecular formula is C137H87N11. The van der Waals surface area contributed by atoms with Crippen LogP contribution in [0.5, 0.6) is 0 Å². The normalized spacial score (nSPS) is 14.7. The maximum Gasteiger partial charge on any atom is 0.197 e. The maximum absolute atomic E-state index is 5.53. The Hall–Kier alpha value is -19.4. The van der Waals surface area contributed by atoms with Gasteiger partial charge in [0.15, 0.2) is 29.1 Å². The molecule has 0 saturated carbocycles. The molecule has 2 unspecified atom stereocenters. The monoisotopic (exact) mass is 1890 g/mol. The van der Waals surface area contributed by atoms with E-state index < -0.39 is 5.41 Å². The van der Waals surface area contributed by atoms with Gasteiger partial charge in [0.2, 0.25) is 0 Å². The number of aromatic nitrogens is 11. The topological polar surface area (TPSA) is 118 Å². The van der Waals surface area contributed by atoms with E-state index in [-0.39, 0.29) is 10.8 Å². The number of benzene rings is 21. The van der Waals surface area contributed by atoms with E-state index in [1.54, 1.807) is 0 Å². The molecule has 2 atom stereocenters. The molecule has 0 N–H and O–H groups in total. The van der Waals surface area contributed by atoms with Gasteiger partial charge in [-0.2, -0.15) is 0 Å². The fourth-order valence-electron chi connectivity index (χ4n) is 25.5. The van der Waals surface area contributed by atoms with Crippen molar-refractivity contribution in [3.05, 3.63) is 547 Å². The second-order valence-corrected chi connectivity index (χ2v) is 39.6. The van der Waals surface area contributed by atoms with Crippen LogP contribution in [0.25, 0.3) is 230 Å². The zero-order valence-corrected chi connectivity index (χ0v) is 80.7. The molecule has 0 spiro atoms. The summed E-state index contributed by atoms with van der Waals surface area (Å²) < 4.78 is 7.18. The number of rotatable bonds is 12. The summed E-state index contributed by atoms with van der Waals surface area (Å²) in [6.07, 6.45) is 0. The first kappa shape index (κ1) is 84.3. The van der Waals surface area contributed by atoms with Crippen LogP contribution in [0.2, 0.25) is 0 Å². The van der Waals surface area contributed by atoms with E-state index in [2.05, 4.69) is 440 Å². The van der Waals surface area contributed by atoms with Gasteiger partial charge in [0, 0.05) is 83.0 Å². The molecule has 3 aliphatic heterocycles. The minimum Gasteiger partial charge on any atom is -0.291 e. The fraction of sp³-hybridized carbons (Fsp3) is 0.0365. The highest BCUT2D eigenvalue weighted by Crippen LogP contribution is 2.65. The third-order valence-corrected chi connectivity index (χ3v) is 32.0. The lowest BCUT2D eigenvalue weighted by Crippen LogP contribution is -2.28. The summed E-state index contributed by atoms with van der Waals surface area (Å²) in [5.41, 5.74) is 46.9. The third kappa shape index (κ3) is 12.3. The number of para-hydroxylation sites is 4. The first-order valence-electron chi connectivity index (χ1n) is 50.7. The summed E-state index contributed by atoms with van der Waals surface area (Å²) in [5.74, 6) is 5.13.